The van der Waals surface area contributed by atoms with Gasteiger partial charge in [0, 0.05) is 23.3 Å². The number of benzene rings is 3. The Kier molecular flexibility index (Phi) is 6.34. The molecule has 3 aromatic carbocycles. The second-order valence-corrected chi connectivity index (χ2v) is 9.41. The van der Waals surface area contributed by atoms with Crippen LogP contribution in [0.4, 0.5) is 14.9 Å². The van der Waals surface area contributed by atoms with Gasteiger partial charge in [-0.15, -0.1) is 0 Å². The van der Waals surface area contributed by atoms with Gasteiger partial charge in [-0.25, -0.2) is 9.18 Å². The number of halogens is 2. The Morgan fingerprint density at radius 2 is 1.62 bits per heavy atom. The summed E-state index contributed by atoms with van der Waals surface area (Å²) < 4.78 is 42.8. The fraction of sp³-hybridized carbons (Fsp3) is 0.174. The SMILES string of the molecule is O=C(Nc1ccc(Cl)cc1)N(Cc1ccc(OS(=O)(=O)c2ccc(F)cc2)cc1)C1CC1. The summed E-state index contributed by atoms with van der Waals surface area (Å²) in [6, 6.07) is 17.7. The third-order valence-electron chi connectivity index (χ3n) is 4.93. The zero-order valence-electron chi connectivity index (χ0n) is 16.9. The number of rotatable bonds is 7. The molecule has 0 spiro atoms. The highest BCUT2D eigenvalue weighted by Crippen LogP contribution is 2.30. The van der Waals surface area contributed by atoms with Crippen LogP contribution in [0.3, 0.4) is 0 Å². The molecule has 0 heterocycles. The molecule has 1 N–H and O–H groups in total. The summed E-state index contributed by atoms with van der Waals surface area (Å²) in [6.45, 7) is 0.370. The summed E-state index contributed by atoms with van der Waals surface area (Å²) >= 11 is 5.89. The Hall–Kier alpha value is -3.10. The number of anilines is 1. The van der Waals surface area contributed by atoms with Crippen LogP contribution in [0.2, 0.25) is 5.02 Å². The van der Waals surface area contributed by atoms with Crippen LogP contribution < -0.4 is 9.50 Å². The van der Waals surface area contributed by atoms with Crippen molar-refractivity contribution < 1.29 is 21.8 Å². The number of amides is 2. The standard InChI is InChI=1S/C23H20ClFN2O4S/c24-17-3-7-19(8-4-17)26-23(28)27(20-9-10-20)15-16-1-11-21(12-2-16)31-32(29,30)22-13-5-18(25)6-14-22/h1-8,11-14,20H,9-10,15H2,(H,26,28). The Morgan fingerprint density at radius 3 is 2.22 bits per heavy atom. The van der Waals surface area contributed by atoms with Crippen molar-refractivity contribution in [2.45, 2.75) is 30.3 Å². The molecule has 0 bridgehead atoms. The second kappa shape index (κ2) is 9.18. The minimum Gasteiger partial charge on any atom is -0.379 e. The highest BCUT2D eigenvalue weighted by Gasteiger charge is 2.32. The van der Waals surface area contributed by atoms with E-state index in [1.807, 2.05) is 0 Å². The monoisotopic (exact) mass is 474 g/mol. The minimum absolute atomic E-state index is 0.127. The molecule has 0 aliphatic heterocycles. The molecule has 2 amide bonds. The summed E-state index contributed by atoms with van der Waals surface area (Å²) in [7, 11) is -4.07. The van der Waals surface area contributed by atoms with Crippen molar-refractivity contribution in [2.75, 3.05) is 5.32 Å². The number of carbonyl (C=O) groups excluding carboxylic acids is 1. The van der Waals surface area contributed by atoms with Crippen molar-refractivity contribution in [3.8, 4) is 5.75 Å². The van der Waals surface area contributed by atoms with E-state index in [9.17, 15) is 17.6 Å². The molecule has 3 aromatic rings. The van der Waals surface area contributed by atoms with E-state index < -0.39 is 15.9 Å². The van der Waals surface area contributed by atoms with Crippen LogP contribution in [0.5, 0.6) is 5.75 Å². The third-order valence-corrected chi connectivity index (χ3v) is 6.44. The van der Waals surface area contributed by atoms with Crippen molar-refractivity contribution in [3.05, 3.63) is 89.2 Å². The Morgan fingerprint density at radius 1 is 1.00 bits per heavy atom. The van der Waals surface area contributed by atoms with Gasteiger partial charge in [0.15, 0.2) is 0 Å². The molecule has 0 radical (unpaired) electrons. The Labute approximate surface area is 190 Å². The maximum atomic E-state index is 13.0. The van der Waals surface area contributed by atoms with Crippen molar-refractivity contribution in [1.29, 1.82) is 0 Å². The van der Waals surface area contributed by atoms with Crippen LogP contribution in [0, 0.1) is 5.82 Å². The molecule has 0 atom stereocenters. The summed E-state index contributed by atoms with van der Waals surface area (Å²) in [6.07, 6.45) is 1.87. The second-order valence-electron chi connectivity index (χ2n) is 7.43. The lowest BCUT2D eigenvalue weighted by Crippen LogP contribution is -2.36. The minimum atomic E-state index is -4.07. The van der Waals surface area contributed by atoms with E-state index in [4.69, 9.17) is 15.8 Å². The molecule has 1 fully saturated rings. The summed E-state index contributed by atoms with van der Waals surface area (Å²) in [5.74, 6) is -0.407. The van der Waals surface area contributed by atoms with Crippen LogP contribution in [0.25, 0.3) is 0 Å². The molecule has 6 nitrogen and oxygen atoms in total. The van der Waals surface area contributed by atoms with E-state index in [-0.39, 0.29) is 22.7 Å². The summed E-state index contributed by atoms with van der Waals surface area (Å²) in [4.78, 5) is 14.4. The number of carbonyl (C=O) groups is 1. The number of nitrogens with zero attached hydrogens (tertiary/aromatic N) is 1. The first-order valence-corrected chi connectivity index (χ1v) is 11.7. The smallest absolute Gasteiger partial charge is 0.339 e. The van der Waals surface area contributed by atoms with Gasteiger partial charge in [-0.1, -0.05) is 23.7 Å². The van der Waals surface area contributed by atoms with Crippen LogP contribution >= 0.6 is 11.6 Å². The highest BCUT2D eigenvalue weighted by molar-refractivity contribution is 7.87. The predicted octanol–water partition coefficient (Wildman–Crippen LogP) is 5.44. The van der Waals surface area contributed by atoms with Crippen LogP contribution in [0.1, 0.15) is 18.4 Å². The van der Waals surface area contributed by atoms with Gasteiger partial charge in [0.25, 0.3) is 0 Å². The maximum Gasteiger partial charge on any atom is 0.339 e. The largest absolute Gasteiger partial charge is 0.379 e. The lowest BCUT2D eigenvalue weighted by molar-refractivity contribution is 0.206. The molecule has 166 valence electrons. The fourth-order valence-electron chi connectivity index (χ4n) is 3.10. The lowest BCUT2D eigenvalue weighted by atomic mass is 10.2. The number of hydrogen-bond acceptors (Lipinski definition) is 4. The number of hydrogen-bond donors (Lipinski definition) is 1. The Bertz CT molecular complexity index is 1200. The summed E-state index contributed by atoms with van der Waals surface area (Å²) in [5, 5.41) is 3.46. The zero-order valence-corrected chi connectivity index (χ0v) is 18.4. The fourth-order valence-corrected chi connectivity index (χ4v) is 4.16. The molecular formula is C23H20ClFN2O4S. The van der Waals surface area contributed by atoms with Crippen molar-refractivity contribution >= 4 is 33.4 Å². The van der Waals surface area contributed by atoms with E-state index in [2.05, 4.69) is 5.32 Å². The molecule has 4 rings (SSSR count). The Balaban J connectivity index is 1.41. The van der Waals surface area contributed by atoms with Gasteiger partial charge in [0.2, 0.25) is 0 Å². The van der Waals surface area contributed by atoms with E-state index in [0.29, 0.717) is 17.3 Å². The van der Waals surface area contributed by atoms with Gasteiger partial charge < -0.3 is 14.4 Å². The van der Waals surface area contributed by atoms with Crippen molar-refractivity contribution in [3.63, 3.8) is 0 Å². The van der Waals surface area contributed by atoms with Gasteiger partial charge >= 0.3 is 16.1 Å². The molecule has 0 aromatic heterocycles. The van der Waals surface area contributed by atoms with Crippen LogP contribution in [0.15, 0.2) is 77.7 Å². The van der Waals surface area contributed by atoms with Gasteiger partial charge in [-0.05, 0) is 79.1 Å². The first-order chi connectivity index (χ1) is 15.3. The quantitative estimate of drug-likeness (QED) is 0.462. The lowest BCUT2D eigenvalue weighted by Gasteiger charge is -2.23. The van der Waals surface area contributed by atoms with Crippen LogP contribution in [-0.2, 0) is 16.7 Å². The normalized spacial score (nSPS) is 13.4. The van der Waals surface area contributed by atoms with Gasteiger partial charge in [0.05, 0.1) is 0 Å². The first-order valence-electron chi connectivity index (χ1n) is 9.92. The highest BCUT2D eigenvalue weighted by atomic mass is 35.5. The average Bonchev–Trinajstić information content (AvgIpc) is 3.60. The molecule has 1 aliphatic rings. The van der Waals surface area contributed by atoms with E-state index in [1.165, 1.54) is 12.1 Å². The van der Waals surface area contributed by atoms with Crippen molar-refractivity contribution in [1.82, 2.24) is 4.90 Å². The number of nitrogens with one attached hydrogen (secondary N) is 1. The van der Waals surface area contributed by atoms with E-state index >= 15 is 0 Å². The maximum absolute atomic E-state index is 13.0. The van der Waals surface area contributed by atoms with Gasteiger partial charge in [0.1, 0.15) is 16.5 Å². The van der Waals surface area contributed by atoms with E-state index in [0.717, 1.165) is 42.7 Å². The van der Waals surface area contributed by atoms with Crippen molar-refractivity contribution in [2.24, 2.45) is 0 Å². The topological polar surface area (TPSA) is 75.7 Å². The molecule has 9 heteroatoms. The summed E-state index contributed by atoms with van der Waals surface area (Å²) in [5.41, 5.74) is 1.48. The molecular weight excluding hydrogens is 455 g/mol. The molecule has 32 heavy (non-hydrogen) atoms. The zero-order chi connectivity index (χ0) is 22.7. The third kappa shape index (κ3) is 5.57. The predicted molar refractivity (Wildman–Crippen MR) is 120 cm³/mol. The molecule has 0 saturated heterocycles. The first kappa shape index (κ1) is 22.1. The average molecular weight is 475 g/mol. The van der Waals surface area contributed by atoms with Crippen LogP contribution in [-0.4, -0.2) is 25.4 Å². The van der Waals surface area contributed by atoms with E-state index in [1.54, 1.807) is 41.3 Å². The van der Waals surface area contributed by atoms with Gasteiger partial charge in [-0.2, -0.15) is 8.42 Å². The molecule has 1 aliphatic carbocycles. The van der Waals surface area contributed by atoms with Gasteiger partial charge in [-0.3, -0.25) is 0 Å². The molecule has 1 saturated carbocycles. The number of urea groups is 1. The molecule has 0 unspecified atom stereocenters.